The van der Waals surface area contributed by atoms with Gasteiger partial charge in [-0.25, -0.2) is 8.78 Å². The first-order valence-corrected chi connectivity index (χ1v) is 14.2. The van der Waals surface area contributed by atoms with Gasteiger partial charge in [-0.3, -0.25) is 9.59 Å². The van der Waals surface area contributed by atoms with Crippen molar-refractivity contribution >= 4 is 23.5 Å². The van der Waals surface area contributed by atoms with Gasteiger partial charge in [0, 0.05) is 34.2 Å². The molecule has 2 aliphatic heterocycles. The molecular weight excluding hydrogens is 490 g/mol. The number of ketones is 1. The van der Waals surface area contributed by atoms with Gasteiger partial charge in [0.05, 0.1) is 18.6 Å². The van der Waals surface area contributed by atoms with Crippen LogP contribution < -0.4 is 0 Å². The van der Waals surface area contributed by atoms with E-state index in [0.717, 1.165) is 0 Å². The van der Waals surface area contributed by atoms with Gasteiger partial charge in [-0.1, -0.05) is 13.8 Å². The highest BCUT2D eigenvalue weighted by Crippen LogP contribution is 2.73. The van der Waals surface area contributed by atoms with E-state index in [4.69, 9.17) is 14.2 Å². The summed E-state index contributed by atoms with van der Waals surface area (Å²) in [7, 11) is 0. The summed E-state index contributed by atoms with van der Waals surface area (Å²) >= 11 is 1.61. The fraction of sp³-hybridized carbons (Fsp3) is 0.852. The number of carbonyl (C=O) groups is 2. The van der Waals surface area contributed by atoms with Crippen molar-refractivity contribution in [2.75, 3.05) is 12.4 Å². The minimum absolute atomic E-state index is 0.00699. The molecule has 0 spiro atoms. The zero-order valence-electron chi connectivity index (χ0n) is 21.4. The molecule has 6 nitrogen and oxygen atoms in total. The number of ether oxygens (including phenoxy) is 3. The molecule has 6 aliphatic rings. The van der Waals surface area contributed by atoms with E-state index in [1.807, 2.05) is 20.8 Å². The van der Waals surface area contributed by atoms with E-state index in [1.165, 1.54) is 6.08 Å². The second kappa shape index (κ2) is 7.76. The molecule has 200 valence electrons. The topological polar surface area (TPSA) is 82.1 Å². The number of aliphatic hydroxyl groups is 1. The highest BCUT2D eigenvalue weighted by Gasteiger charge is 2.79. The van der Waals surface area contributed by atoms with Crippen molar-refractivity contribution in [2.45, 2.75) is 107 Å². The van der Waals surface area contributed by atoms with E-state index in [9.17, 15) is 14.7 Å². The molecule has 36 heavy (non-hydrogen) atoms. The van der Waals surface area contributed by atoms with E-state index in [1.54, 1.807) is 18.7 Å². The smallest absolute Gasteiger partial charge is 0.307 e. The third-order valence-electron chi connectivity index (χ3n) is 10.6. The first-order chi connectivity index (χ1) is 16.8. The summed E-state index contributed by atoms with van der Waals surface area (Å²) < 4.78 is 51.4. The quantitative estimate of drug-likeness (QED) is 0.555. The van der Waals surface area contributed by atoms with Crippen LogP contribution in [0.5, 0.6) is 0 Å². The van der Waals surface area contributed by atoms with Crippen molar-refractivity contribution in [2.24, 2.45) is 22.7 Å². The Kier molecular flexibility index (Phi) is 5.45. The Bertz CT molecular complexity index is 1030. The lowest BCUT2D eigenvalue weighted by Crippen LogP contribution is -2.70. The molecule has 0 aromatic rings. The average molecular weight is 527 g/mol. The van der Waals surface area contributed by atoms with Crippen LogP contribution in [0.25, 0.3) is 0 Å². The van der Waals surface area contributed by atoms with Crippen molar-refractivity contribution in [1.29, 1.82) is 0 Å². The predicted molar refractivity (Wildman–Crippen MR) is 129 cm³/mol. The Balaban J connectivity index is 1.39. The molecule has 5 fully saturated rings. The molecule has 0 amide bonds. The molecule has 3 saturated carbocycles. The van der Waals surface area contributed by atoms with Gasteiger partial charge in [0.15, 0.2) is 11.6 Å². The Hall–Kier alpha value is -1.03. The van der Waals surface area contributed by atoms with Crippen LogP contribution in [0.1, 0.15) is 66.2 Å². The summed E-state index contributed by atoms with van der Waals surface area (Å²) in [6.45, 7) is 7.83. The molecule has 0 aromatic heterocycles. The van der Waals surface area contributed by atoms with Crippen molar-refractivity contribution in [1.82, 2.24) is 0 Å². The van der Waals surface area contributed by atoms with E-state index >= 15 is 8.78 Å². The lowest BCUT2D eigenvalue weighted by Gasteiger charge is -2.64. The number of fused-ring (bicyclic) bond motifs is 7. The van der Waals surface area contributed by atoms with Gasteiger partial charge in [0.2, 0.25) is 0 Å². The van der Waals surface area contributed by atoms with Crippen LogP contribution in [0.15, 0.2) is 11.6 Å². The highest BCUT2D eigenvalue weighted by atomic mass is 32.2. The number of rotatable bonds is 3. The number of hydrogen-bond donors (Lipinski definition) is 1. The van der Waals surface area contributed by atoms with Gasteiger partial charge in [-0.05, 0) is 57.1 Å². The molecule has 1 N–H and O–H groups in total. The number of carbonyl (C=O) groups excluding carboxylic acids is 2. The van der Waals surface area contributed by atoms with Crippen LogP contribution >= 0.6 is 11.8 Å². The number of allylic oxidation sites excluding steroid dienone is 1. The fourth-order valence-electron chi connectivity index (χ4n) is 8.88. The van der Waals surface area contributed by atoms with Crippen LogP contribution in [0.3, 0.4) is 0 Å². The normalized spacial score (nSPS) is 53.2. The van der Waals surface area contributed by atoms with E-state index < -0.39 is 46.1 Å². The maximum absolute atomic E-state index is 17.5. The Morgan fingerprint density at radius 3 is 2.61 bits per heavy atom. The van der Waals surface area contributed by atoms with Crippen LogP contribution in [-0.2, 0) is 23.8 Å². The molecule has 1 unspecified atom stereocenters. The molecule has 9 heteroatoms. The largest absolute Gasteiger partial charge is 0.464 e. The number of hydrogen-bond acceptors (Lipinski definition) is 7. The van der Waals surface area contributed by atoms with Gasteiger partial charge in [0.25, 0.3) is 0 Å². The summed E-state index contributed by atoms with van der Waals surface area (Å²) in [4.78, 5) is 23.8. The summed E-state index contributed by atoms with van der Waals surface area (Å²) in [5, 5.41) is 11.6. The predicted octanol–water partition coefficient (Wildman–Crippen LogP) is 4.08. The Morgan fingerprint density at radius 1 is 1.17 bits per heavy atom. The van der Waals surface area contributed by atoms with Crippen molar-refractivity contribution < 1.29 is 37.7 Å². The average Bonchev–Trinajstić information content (AvgIpc) is 3.39. The lowest BCUT2D eigenvalue weighted by atomic mass is 9.43. The third kappa shape index (κ3) is 3.12. The highest BCUT2D eigenvalue weighted by molar-refractivity contribution is 8.00. The lowest BCUT2D eigenvalue weighted by molar-refractivity contribution is -0.254. The first kappa shape index (κ1) is 25.3. The van der Waals surface area contributed by atoms with Crippen molar-refractivity contribution in [3.8, 4) is 0 Å². The van der Waals surface area contributed by atoms with Gasteiger partial charge >= 0.3 is 5.97 Å². The maximum atomic E-state index is 17.5. The second-order valence-corrected chi connectivity index (χ2v) is 14.1. The summed E-state index contributed by atoms with van der Waals surface area (Å²) in [6, 6.07) is 0. The number of cyclic esters (lactones) is 1. The molecular formula is C27H36F2O6S. The Morgan fingerprint density at radius 2 is 1.92 bits per heavy atom. The molecule has 0 aromatic carbocycles. The minimum atomic E-state index is -2.04. The fourth-order valence-corrected chi connectivity index (χ4v) is 10.4. The van der Waals surface area contributed by atoms with Crippen LogP contribution in [-0.4, -0.2) is 69.9 Å². The van der Waals surface area contributed by atoms with E-state index in [0.29, 0.717) is 25.2 Å². The first-order valence-electron chi connectivity index (χ1n) is 13.2. The number of aliphatic hydroxyl groups excluding tert-OH is 1. The zero-order chi connectivity index (χ0) is 25.9. The zero-order valence-corrected chi connectivity index (χ0v) is 22.2. The molecule has 2 saturated heterocycles. The number of thioether (sulfide) groups is 1. The van der Waals surface area contributed by atoms with Crippen molar-refractivity contribution in [3.63, 3.8) is 0 Å². The molecule has 0 radical (unpaired) electrons. The summed E-state index contributed by atoms with van der Waals surface area (Å²) in [5.74, 6) is -1.71. The summed E-state index contributed by atoms with van der Waals surface area (Å²) in [5.41, 5.74) is -4.54. The summed E-state index contributed by atoms with van der Waals surface area (Å²) in [6.07, 6.45) is -0.477. The Labute approximate surface area is 214 Å². The van der Waals surface area contributed by atoms with Crippen LogP contribution in [0.2, 0.25) is 0 Å². The molecule has 10 atom stereocenters. The van der Waals surface area contributed by atoms with Gasteiger partial charge in [0.1, 0.15) is 24.0 Å². The minimum Gasteiger partial charge on any atom is -0.464 e. The SMILES string of the molecule is CC1(C)O[C@@H]2C[C@H]3[C@@H]4C[C@H](F)C5=CC(=O)CC[C@]5(C)[C@@]4(F)[C@@H](O)C[C@]3(C)[C@]2(CSC2COC(=O)C2)O1. The third-order valence-corrected chi connectivity index (χ3v) is 12.0. The van der Waals surface area contributed by atoms with E-state index in [-0.39, 0.29) is 60.3 Å². The molecule has 2 heterocycles. The van der Waals surface area contributed by atoms with Crippen LogP contribution in [0, 0.1) is 22.7 Å². The van der Waals surface area contributed by atoms with Gasteiger partial charge in [-0.15, -0.1) is 0 Å². The molecule has 0 bridgehead atoms. The number of alkyl halides is 2. The standard InChI is InChI=1S/C27H36F2O6S/c1-23(2)34-21-10-16-17-9-19(28)18-7-14(30)5-6-24(18,3)27(17,29)20(31)11-25(16,4)26(21,35-23)13-36-15-8-22(32)33-12-15/h7,15-17,19-21,31H,5-6,8-13H2,1-4H3/t15?,16-,17-,19-,20-,21+,24-,25-,26+,27-/m0/s1. The van der Waals surface area contributed by atoms with Gasteiger partial charge in [-0.2, -0.15) is 11.8 Å². The number of esters is 1. The molecule has 6 rings (SSSR count). The second-order valence-electron chi connectivity index (χ2n) is 12.8. The maximum Gasteiger partial charge on any atom is 0.307 e. The van der Waals surface area contributed by atoms with Crippen LogP contribution in [0.4, 0.5) is 8.78 Å². The monoisotopic (exact) mass is 526 g/mol. The van der Waals surface area contributed by atoms with Crippen molar-refractivity contribution in [3.05, 3.63) is 11.6 Å². The number of halogens is 2. The van der Waals surface area contributed by atoms with E-state index in [2.05, 4.69) is 0 Å². The molecule has 4 aliphatic carbocycles. The van der Waals surface area contributed by atoms with Gasteiger partial charge < -0.3 is 19.3 Å².